The van der Waals surface area contributed by atoms with Crippen LogP contribution in [0.3, 0.4) is 0 Å². The molecule has 4 rings (SSSR count). The van der Waals surface area contributed by atoms with Gasteiger partial charge in [-0.1, -0.05) is 6.07 Å². The van der Waals surface area contributed by atoms with Gasteiger partial charge < -0.3 is 5.11 Å². The zero-order valence-corrected chi connectivity index (χ0v) is 17.3. The normalized spacial score (nSPS) is 19.2. The first-order chi connectivity index (χ1) is 13.3. The van der Waals surface area contributed by atoms with Gasteiger partial charge >= 0.3 is 0 Å². The number of nitrogens with zero attached hydrogens (tertiary/aromatic N) is 3. The molecule has 1 aromatic carbocycles. The fourth-order valence-corrected chi connectivity index (χ4v) is 4.83. The quantitative estimate of drug-likeness (QED) is 0.676. The van der Waals surface area contributed by atoms with Crippen molar-refractivity contribution >= 4 is 37.3 Å². The summed E-state index contributed by atoms with van der Waals surface area (Å²) in [5.74, 6) is 0. The van der Waals surface area contributed by atoms with Crippen molar-refractivity contribution in [2.24, 2.45) is 0 Å². The topological polar surface area (TPSA) is 95.4 Å². The molecular weight excluding hydrogens is 396 g/mol. The summed E-state index contributed by atoms with van der Waals surface area (Å²) in [6.45, 7) is 3.33. The Labute approximate surface area is 168 Å². The molecule has 2 aromatic heterocycles. The van der Waals surface area contributed by atoms with Crippen LogP contribution in [0.4, 0.5) is 5.69 Å². The number of β-amino-alcohol motifs (C(OH)–C–C–N with tert-alkyl or cyclic N) is 1. The van der Waals surface area contributed by atoms with Crippen LogP contribution in [0.15, 0.2) is 36.0 Å². The zero-order valence-electron chi connectivity index (χ0n) is 15.7. The Morgan fingerprint density at radius 2 is 2.14 bits per heavy atom. The molecular formula is C19H22N4O3S2. The Kier molecular flexibility index (Phi) is 5.09. The number of nitrogens with one attached hydrogen (secondary N) is 1. The molecule has 3 heterocycles. The molecule has 0 bridgehead atoms. The highest BCUT2D eigenvalue weighted by molar-refractivity contribution is 7.92. The summed E-state index contributed by atoms with van der Waals surface area (Å²) in [5.41, 5.74) is 5.85. The van der Waals surface area contributed by atoms with Crippen molar-refractivity contribution in [3.8, 4) is 0 Å². The van der Waals surface area contributed by atoms with E-state index in [4.69, 9.17) is 0 Å². The number of aromatic nitrogens is 2. The van der Waals surface area contributed by atoms with E-state index in [0.29, 0.717) is 24.2 Å². The van der Waals surface area contributed by atoms with Crippen LogP contribution >= 0.6 is 11.3 Å². The Bertz CT molecular complexity index is 1110. The maximum atomic E-state index is 11.5. The standard InChI is InChI=1S/C19H22N4O3S2/c1-12(13-3-4-19-17(7-13)21-11-27-19)23-6-5-16-15(18(24)10-23)8-14(9-20-16)22-28(2,25)26/h3-4,7-9,11-12,18,22,24H,5-6,10H2,1-2H3/t12?,18-/m1/s1. The SMILES string of the molecule is CC(c1ccc2scnc2c1)N1CCc2ncc(NS(C)(=O)=O)cc2[C@H](O)C1. The van der Waals surface area contributed by atoms with E-state index in [1.807, 2.05) is 5.51 Å². The second-order valence-electron chi connectivity index (χ2n) is 7.15. The number of aliphatic hydroxyl groups is 1. The van der Waals surface area contributed by atoms with E-state index < -0.39 is 16.1 Å². The van der Waals surface area contributed by atoms with Crippen molar-refractivity contribution in [1.29, 1.82) is 0 Å². The summed E-state index contributed by atoms with van der Waals surface area (Å²) < 4.78 is 26.5. The number of hydrogen-bond donors (Lipinski definition) is 2. The molecule has 0 amide bonds. The largest absolute Gasteiger partial charge is 0.387 e. The van der Waals surface area contributed by atoms with Crippen LogP contribution in [0.2, 0.25) is 0 Å². The number of aliphatic hydroxyl groups excluding tert-OH is 1. The molecule has 9 heteroatoms. The zero-order chi connectivity index (χ0) is 19.9. The fourth-order valence-electron chi connectivity index (χ4n) is 3.64. The third-order valence-corrected chi connectivity index (χ3v) is 6.51. The lowest BCUT2D eigenvalue weighted by Gasteiger charge is -2.29. The van der Waals surface area contributed by atoms with Crippen molar-refractivity contribution in [2.45, 2.75) is 25.5 Å². The Balaban J connectivity index is 1.57. The van der Waals surface area contributed by atoms with Crippen LogP contribution < -0.4 is 4.72 Å². The number of sulfonamides is 1. The van der Waals surface area contributed by atoms with Crippen LogP contribution in [0.25, 0.3) is 10.2 Å². The lowest BCUT2D eigenvalue weighted by molar-refractivity contribution is 0.0985. The van der Waals surface area contributed by atoms with Gasteiger partial charge in [0.15, 0.2) is 0 Å². The highest BCUT2D eigenvalue weighted by atomic mass is 32.2. The maximum Gasteiger partial charge on any atom is 0.229 e. The molecule has 3 aromatic rings. The number of rotatable bonds is 4. The maximum absolute atomic E-state index is 11.5. The molecule has 2 N–H and O–H groups in total. The highest BCUT2D eigenvalue weighted by Gasteiger charge is 2.26. The molecule has 0 saturated carbocycles. The summed E-state index contributed by atoms with van der Waals surface area (Å²) in [6.07, 6.45) is 2.55. The molecule has 28 heavy (non-hydrogen) atoms. The molecule has 1 unspecified atom stereocenters. The molecule has 7 nitrogen and oxygen atoms in total. The average molecular weight is 419 g/mol. The molecule has 0 aliphatic carbocycles. The predicted octanol–water partition coefficient (Wildman–Crippen LogP) is 2.72. The fraction of sp³-hybridized carbons (Fsp3) is 0.368. The number of anilines is 1. The van der Waals surface area contributed by atoms with E-state index >= 15 is 0 Å². The van der Waals surface area contributed by atoms with E-state index in [1.165, 1.54) is 6.20 Å². The van der Waals surface area contributed by atoms with Crippen LogP contribution in [-0.4, -0.2) is 47.7 Å². The van der Waals surface area contributed by atoms with Crippen LogP contribution in [0, 0.1) is 0 Å². The number of thiazole rings is 1. The summed E-state index contributed by atoms with van der Waals surface area (Å²) in [4.78, 5) is 11.0. The van der Waals surface area contributed by atoms with Gasteiger partial charge in [0.1, 0.15) is 0 Å². The molecule has 1 aliphatic heterocycles. The minimum absolute atomic E-state index is 0.115. The van der Waals surface area contributed by atoms with Gasteiger partial charge in [0.05, 0.1) is 40.0 Å². The Morgan fingerprint density at radius 3 is 2.93 bits per heavy atom. The van der Waals surface area contributed by atoms with E-state index in [0.717, 1.165) is 34.3 Å². The first-order valence-corrected chi connectivity index (χ1v) is 11.8. The van der Waals surface area contributed by atoms with E-state index in [1.54, 1.807) is 17.4 Å². The lowest BCUT2D eigenvalue weighted by Crippen LogP contribution is -2.31. The second-order valence-corrected chi connectivity index (χ2v) is 9.79. The summed E-state index contributed by atoms with van der Waals surface area (Å²) in [5, 5.41) is 10.8. The number of hydrogen-bond acceptors (Lipinski definition) is 7. The highest BCUT2D eigenvalue weighted by Crippen LogP contribution is 2.31. The number of pyridine rings is 1. The van der Waals surface area contributed by atoms with Gasteiger partial charge in [0.25, 0.3) is 0 Å². The van der Waals surface area contributed by atoms with Gasteiger partial charge in [-0.05, 0) is 30.7 Å². The minimum Gasteiger partial charge on any atom is -0.387 e. The average Bonchev–Trinajstić information content (AvgIpc) is 3.04. The summed E-state index contributed by atoms with van der Waals surface area (Å²) >= 11 is 1.62. The van der Waals surface area contributed by atoms with E-state index in [9.17, 15) is 13.5 Å². The lowest BCUT2D eigenvalue weighted by atomic mass is 10.1. The third kappa shape index (κ3) is 4.02. The smallest absolute Gasteiger partial charge is 0.229 e. The van der Waals surface area contributed by atoms with Crippen molar-refractivity contribution in [1.82, 2.24) is 14.9 Å². The van der Waals surface area contributed by atoms with Crippen molar-refractivity contribution in [2.75, 3.05) is 24.1 Å². The first kappa shape index (κ1) is 19.3. The van der Waals surface area contributed by atoms with Crippen LogP contribution in [0.1, 0.15) is 35.9 Å². The number of fused-ring (bicyclic) bond motifs is 2. The van der Waals surface area contributed by atoms with Gasteiger partial charge in [-0.3, -0.25) is 14.6 Å². The molecule has 0 spiro atoms. The van der Waals surface area contributed by atoms with Gasteiger partial charge in [-0.15, -0.1) is 11.3 Å². The van der Waals surface area contributed by atoms with Gasteiger partial charge in [0.2, 0.25) is 10.0 Å². The summed E-state index contributed by atoms with van der Waals surface area (Å²) in [7, 11) is -3.39. The van der Waals surface area contributed by atoms with Gasteiger partial charge in [-0.25, -0.2) is 13.4 Å². The second kappa shape index (κ2) is 7.40. The third-order valence-electron chi connectivity index (χ3n) is 5.09. The monoisotopic (exact) mass is 418 g/mol. The Hall–Kier alpha value is -2.07. The molecule has 0 saturated heterocycles. The molecule has 0 fully saturated rings. The van der Waals surface area contributed by atoms with Crippen molar-refractivity contribution in [3.05, 3.63) is 52.8 Å². The van der Waals surface area contributed by atoms with Crippen LogP contribution in [-0.2, 0) is 16.4 Å². The van der Waals surface area contributed by atoms with E-state index in [2.05, 4.69) is 44.7 Å². The van der Waals surface area contributed by atoms with Gasteiger partial charge in [0, 0.05) is 36.8 Å². The molecule has 1 aliphatic rings. The number of benzene rings is 1. The van der Waals surface area contributed by atoms with Crippen LogP contribution in [0.5, 0.6) is 0 Å². The van der Waals surface area contributed by atoms with E-state index in [-0.39, 0.29) is 6.04 Å². The molecule has 148 valence electrons. The van der Waals surface area contributed by atoms with Crippen molar-refractivity contribution in [3.63, 3.8) is 0 Å². The molecule has 0 radical (unpaired) electrons. The van der Waals surface area contributed by atoms with Gasteiger partial charge in [-0.2, -0.15) is 0 Å². The Morgan fingerprint density at radius 1 is 1.32 bits per heavy atom. The molecule has 2 atom stereocenters. The minimum atomic E-state index is -3.39. The predicted molar refractivity (Wildman–Crippen MR) is 111 cm³/mol. The first-order valence-electron chi connectivity index (χ1n) is 9.02. The van der Waals surface area contributed by atoms with Crippen molar-refractivity contribution < 1.29 is 13.5 Å². The summed E-state index contributed by atoms with van der Waals surface area (Å²) in [6, 6.07) is 8.11.